The average Bonchev–Trinajstić information content (AvgIpc) is 2.30. The summed E-state index contributed by atoms with van der Waals surface area (Å²) in [6.45, 7) is 6.94. The second kappa shape index (κ2) is 8.04. The van der Waals surface area contributed by atoms with Crippen LogP contribution in [0.15, 0.2) is 0 Å². The number of nitrogens with one attached hydrogen (secondary N) is 1. The SMILES string of the molecule is CNCCCC(C)N1CCCC(COC)C1. The summed E-state index contributed by atoms with van der Waals surface area (Å²) in [5.74, 6) is 0.755. The molecule has 0 aliphatic carbocycles. The maximum atomic E-state index is 5.27. The fourth-order valence-corrected chi connectivity index (χ4v) is 2.63. The standard InChI is InChI=1S/C13H28N2O/c1-12(6-4-8-14-2)15-9-5-7-13(10-15)11-16-3/h12-14H,4-11H2,1-3H3. The van der Waals surface area contributed by atoms with Crippen LogP contribution in [0.4, 0.5) is 0 Å². The van der Waals surface area contributed by atoms with E-state index in [0.717, 1.165) is 25.1 Å². The summed E-state index contributed by atoms with van der Waals surface area (Å²) in [4.78, 5) is 2.64. The molecule has 3 heteroatoms. The monoisotopic (exact) mass is 228 g/mol. The van der Waals surface area contributed by atoms with Gasteiger partial charge in [-0.3, -0.25) is 0 Å². The van der Waals surface area contributed by atoms with Gasteiger partial charge < -0.3 is 15.0 Å². The van der Waals surface area contributed by atoms with E-state index in [0.29, 0.717) is 0 Å². The highest BCUT2D eigenvalue weighted by atomic mass is 16.5. The fourth-order valence-electron chi connectivity index (χ4n) is 2.63. The van der Waals surface area contributed by atoms with E-state index in [1.165, 1.54) is 38.8 Å². The van der Waals surface area contributed by atoms with Gasteiger partial charge in [0.05, 0.1) is 6.61 Å². The summed E-state index contributed by atoms with van der Waals surface area (Å²) in [6, 6.07) is 0.730. The number of likely N-dealkylation sites (tertiary alicyclic amines) is 1. The van der Waals surface area contributed by atoms with Gasteiger partial charge in [-0.15, -0.1) is 0 Å². The minimum Gasteiger partial charge on any atom is -0.384 e. The third-order valence-electron chi connectivity index (χ3n) is 3.62. The average molecular weight is 228 g/mol. The molecule has 1 aliphatic heterocycles. The lowest BCUT2D eigenvalue weighted by molar-refractivity contribution is 0.0697. The van der Waals surface area contributed by atoms with Crippen LogP contribution in [0.2, 0.25) is 0 Å². The number of hydrogen-bond acceptors (Lipinski definition) is 3. The fraction of sp³-hybridized carbons (Fsp3) is 1.00. The van der Waals surface area contributed by atoms with Gasteiger partial charge in [0, 0.05) is 19.7 Å². The lowest BCUT2D eigenvalue weighted by Crippen LogP contribution is -2.42. The number of hydrogen-bond donors (Lipinski definition) is 1. The van der Waals surface area contributed by atoms with Crippen molar-refractivity contribution >= 4 is 0 Å². The van der Waals surface area contributed by atoms with Crippen molar-refractivity contribution in [3.63, 3.8) is 0 Å². The van der Waals surface area contributed by atoms with Gasteiger partial charge >= 0.3 is 0 Å². The molecule has 2 atom stereocenters. The maximum Gasteiger partial charge on any atom is 0.0502 e. The summed E-state index contributed by atoms with van der Waals surface area (Å²) in [5, 5.41) is 3.22. The highest BCUT2D eigenvalue weighted by Crippen LogP contribution is 2.20. The molecule has 1 rings (SSSR count). The van der Waals surface area contributed by atoms with Gasteiger partial charge in [-0.1, -0.05) is 0 Å². The molecule has 1 aliphatic rings. The first-order chi connectivity index (χ1) is 7.77. The second-order valence-electron chi connectivity index (χ2n) is 5.05. The molecular weight excluding hydrogens is 200 g/mol. The smallest absolute Gasteiger partial charge is 0.0502 e. The van der Waals surface area contributed by atoms with E-state index in [1.807, 2.05) is 14.2 Å². The Balaban J connectivity index is 2.23. The van der Waals surface area contributed by atoms with E-state index in [2.05, 4.69) is 17.1 Å². The number of methoxy groups -OCH3 is 1. The predicted molar refractivity (Wildman–Crippen MR) is 68.8 cm³/mol. The van der Waals surface area contributed by atoms with Crippen molar-refractivity contribution in [3.8, 4) is 0 Å². The molecule has 1 fully saturated rings. The second-order valence-corrected chi connectivity index (χ2v) is 5.05. The van der Waals surface area contributed by atoms with Gasteiger partial charge in [-0.25, -0.2) is 0 Å². The maximum absolute atomic E-state index is 5.27. The molecule has 0 aromatic rings. The van der Waals surface area contributed by atoms with E-state index < -0.39 is 0 Å². The quantitative estimate of drug-likeness (QED) is 0.672. The molecule has 16 heavy (non-hydrogen) atoms. The summed E-state index contributed by atoms with van der Waals surface area (Å²) >= 11 is 0. The first-order valence-electron chi connectivity index (χ1n) is 6.65. The summed E-state index contributed by atoms with van der Waals surface area (Å²) < 4.78 is 5.27. The van der Waals surface area contributed by atoms with Crippen molar-refractivity contribution in [1.29, 1.82) is 0 Å². The van der Waals surface area contributed by atoms with Gasteiger partial charge in [-0.2, -0.15) is 0 Å². The third-order valence-corrected chi connectivity index (χ3v) is 3.62. The van der Waals surface area contributed by atoms with Gasteiger partial charge in [-0.05, 0) is 58.7 Å². The molecule has 1 N–H and O–H groups in total. The van der Waals surface area contributed by atoms with Crippen molar-refractivity contribution in [2.75, 3.05) is 40.4 Å². The van der Waals surface area contributed by atoms with Crippen LogP contribution in [0.3, 0.4) is 0 Å². The van der Waals surface area contributed by atoms with Crippen LogP contribution in [0.25, 0.3) is 0 Å². The first kappa shape index (κ1) is 13.9. The van der Waals surface area contributed by atoms with Crippen molar-refractivity contribution < 1.29 is 4.74 Å². The van der Waals surface area contributed by atoms with E-state index in [9.17, 15) is 0 Å². The van der Waals surface area contributed by atoms with Gasteiger partial charge in [0.1, 0.15) is 0 Å². The molecule has 2 unspecified atom stereocenters. The van der Waals surface area contributed by atoms with Crippen LogP contribution >= 0.6 is 0 Å². The van der Waals surface area contributed by atoms with Crippen LogP contribution in [-0.2, 0) is 4.74 Å². The lowest BCUT2D eigenvalue weighted by atomic mass is 9.97. The van der Waals surface area contributed by atoms with Crippen LogP contribution in [-0.4, -0.2) is 51.3 Å². The third kappa shape index (κ3) is 4.81. The van der Waals surface area contributed by atoms with Crippen LogP contribution in [0.1, 0.15) is 32.6 Å². The molecule has 1 saturated heterocycles. The molecule has 0 amide bonds. The molecule has 1 heterocycles. The zero-order valence-corrected chi connectivity index (χ0v) is 11.2. The highest BCUT2D eigenvalue weighted by molar-refractivity contribution is 4.77. The predicted octanol–water partition coefficient (Wildman–Crippen LogP) is 1.73. The zero-order valence-electron chi connectivity index (χ0n) is 11.2. The summed E-state index contributed by atoms with van der Waals surface area (Å²) in [6.07, 6.45) is 5.27. The van der Waals surface area contributed by atoms with E-state index in [4.69, 9.17) is 4.74 Å². The molecule has 3 nitrogen and oxygen atoms in total. The normalized spacial score (nSPS) is 24.6. The number of piperidine rings is 1. The number of nitrogens with zero attached hydrogens (tertiary/aromatic N) is 1. The zero-order chi connectivity index (χ0) is 11.8. The highest BCUT2D eigenvalue weighted by Gasteiger charge is 2.22. The first-order valence-corrected chi connectivity index (χ1v) is 6.65. The molecule has 0 radical (unpaired) electrons. The van der Waals surface area contributed by atoms with E-state index >= 15 is 0 Å². The molecule has 0 aromatic carbocycles. The largest absolute Gasteiger partial charge is 0.384 e. The lowest BCUT2D eigenvalue weighted by Gasteiger charge is -2.36. The number of rotatable bonds is 7. The minimum absolute atomic E-state index is 0.730. The Labute approximate surface area is 101 Å². The Morgan fingerprint density at radius 3 is 3.00 bits per heavy atom. The molecule has 96 valence electrons. The van der Waals surface area contributed by atoms with Gasteiger partial charge in [0.25, 0.3) is 0 Å². The molecular formula is C13H28N2O. The summed E-state index contributed by atoms with van der Waals surface area (Å²) in [5.41, 5.74) is 0. The van der Waals surface area contributed by atoms with Crippen LogP contribution < -0.4 is 5.32 Å². The van der Waals surface area contributed by atoms with E-state index in [-0.39, 0.29) is 0 Å². The van der Waals surface area contributed by atoms with E-state index in [1.54, 1.807) is 0 Å². The topological polar surface area (TPSA) is 24.5 Å². The Morgan fingerprint density at radius 1 is 1.50 bits per heavy atom. The van der Waals surface area contributed by atoms with Crippen LogP contribution in [0, 0.1) is 5.92 Å². The molecule has 0 aromatic heterocycles. The number of ether oxygens (including phenoxy) is 1. The summed E-state index contributed by atoms with van der Waals surface area (Å²) in [7, 11) is 3.84. The van der Waals surface area contributed by atoms with Gasteiger partial charge in [0.15, 0.2) is 0 Å². The molecule has 0 bridgehead atoms. The Bertz CT molecular complexity index is 173. The van der Waals surface area contributed by atoms with Gasteiger partial charge in [0.2, 0.25) is 0 Å². The van der Waals surface area contributed by atoms with Crippen LogP contribution in [0.5, 0.6) is 0 Å². The van der Waals surface area contributed by atoms with Crippen molar-refractivity contribution in [2.45, 2.75) is 38.6 Å². The molecule has 0 spiro atoms. The van der Waals surface area contributed by atoms with Crippen molar-refractivity contribution in [1.82, 2.24) is 10.2 Å². The Morgan fingerprint density at radius 2 is 2.31 bits per heavy atom. The Kier molecular flexibility index (Phi) is 7.01. The Hall–Kier alpha value is -0.120. The van der Waals surface area contributed by atoms with Crippen molar-refractivity contribution in [2.24, 2.45) is 5.92 Å². The van der Waals surface area contributed by atoms with Crippen molar-refractivity contribution in [3.05, 3.63) is 0 Å². The molecule has 0 saturated carbocycles. The minimum atomic E-state index is 0.730.